The van der Waals surface area contributed by atoms with Gasteiger partial charge in [-0.2, -0.15) is 0 Å². The van der Waals surface area contributed by atoms with E-state index in [0.29, 0.717) is 12.1 Å². The lowest BCUT2D eigenvalue weighted by Crippen LogP contribution is -2.34. The number of halogens is 1. The molecule has 2 amide bonds. The van der Waals surface area contributed by atoms with Crippen LogP contribution >= 0.6 is 0 Å². The number of hydrogen-bond acceptors (Lipinski definition) is 3. The summed E-state index contributed by atoms with van der Waals surface area (Å²) in [5.41, 5.74) is 4.03. The Morgan fingerprint density at radius 1 is 1.00 bits per heavy atom. The molecule has 1 fully saturated rings. The molecule has 0 aliphatic heterocycles. The van der Waals surface area contributed by atoms with Crippen LogP contribution < -0.4 is 10.2 Å². The van der Waals surface area contributed by atoms with E-state index < -0.39 is 0 Å². The second kappa shape index (κ2) is 10.7. The second-order valence-electron chi connectivity index (χ2n) is 9.38. The molecule has 4 rings (SSSR count). The molecule has 0 aromatic heterocycles. The van der Waals surface area contributed by atoms with E-state index in [1.165, 1.54) is 24.3 Å². The number of anilines is 2. The van der Waals surface area contributed by atoms with Crippen LogP contribution in [0.2, 0.25) is 0 Å². The topological polar surface area (TPSA) is 52.7 Å². The van der Waals surface area contributed by atoms with Gasteiger partial charge in [-0.15, -0.1) is 0 Å². The number of benzene rings is 3. The van der Waals surface area contributed by atoms with Crippen molar-refractivity contribution in [3.8, 4) is 0 Å². The quantitative estimate of drug-likeness (QED) is 0.434. The summed E-state index contributed by atoms with van der Waals surface area (Å²) in [6, 6.07) is 21.1. The molecule has 0 spiro atoms. The summed E-state index contributed by atoms with van der Waals surface area (Å²) in [6.07, 6.45) is 2.97. The molecule has 3 aromatic rings. The smallest absolute Gasteiger partial charge is 0.254 e. The van der Waals surface area contributed by atoms with Crippen LogP contribution in [-0.2, 0) is 11.3 Å². The van der Waals surface area contributed by atoms with Crippen LogP contribution in [0.3, 0.4) is 0 Å². The highest BCUT2D eigenvalue weighted by Crippen LogP contribution is 2.31. The van der Waals surface area contributed by atoms with E-state index in [9.17, 15) is 14.0 Å². The van der Waals surface area contributed by atoms with Crippen molar-refractivity contribution in [3.05, 3.63) is 95.3 Å². The summed E-state index contributed by atoms with van der Waals surface area (Å²) in [6.45, 7) is 2.32. The third kappa shape index (κ3) is 5.70. The van der Waals surface area contributed by atoms with E-state index >= 15 is 0 Å². The van der Waals surface area contributed by atoms with Gasteiger partial charge in [0.05, 0.1) is 6.04 Å². The van der Waals surface area contributed by atoms with E-state index in [1.807, 2.05) is 74.4 Å². The first-order valence-corrected chi connectivity index (χ1v) is 12.1. The Morgan fingerprint density at radius 3 is 2.29 bits per heavy atom. The fraction of sp³-hybridized carbons (Fsp3) is 0.310. The molecule has 182 valence electrons. The average molecular weight is 474 g/mol. The van der Waals surface area contributed by atoms with Crippen molar-refractivity contribution < 1.29 is 14.0 Å². The van der Waals surface area contributed by atoms with Crippen molar-refractivity contribution in [2.75, 3.05) is 24.3 Å². The minimum absolute atomic E-state index is 0.0525. The Morgan fingerprint density at radius 2 is 1.69 bits per heavy atom. The van der Waals surface area contributed by atoms with Crippen molar-refractivity contribution in [1.82, 2.24) is 4.90 Å². The molecule has 35 heavy (non-hydrogen) atoms. The van der Waals surface area contributed by atoms with Crippen molar-refractivity contribution in [3.63, 3.8) is 0 Å². The van der Waals surface area contributed by atoms with Gasteiger partial charge < -0.3 is 15.1 Å². The first-order valence-electron chi connectivity index (χ1n) is 12.1. The minimum atomic E-state index is -0.381. The van der Waals surface area contributed by atoms with Gasteiger partial charge in [0.25, 0.3) is 5.91 Å². The van der Waals surface area contributed by atoms with Gasteiger partial charge in [-0.25, -0.2) is 4.39 Å². The third-order valence-corrected chi connectivity index (χ3v) is 6.75. The Labute approximate surface area is 206 Å². The number of hydrogen-bond donors (Lipinski definition) is 1. The number of carbonyl (C=O) groups is 2. The molecule has 0 bridgehead atoms. The Hall–Kier alpha value is -3.67. The Bertz CT molecular complexity index is 1170. The molecule has 1 aliphatic carbocycles. The van der Waals surface area contributed by atoms with Gasteiger partial charge in [0, 0.05) is 43.5 Å². The highest BCUT2D eigenvalue weighted by atomic mass is 19.1. The second-order valence-corrected chi connectivity index (χ2v) is 9.38. The maximum Gasteiger partial charge on any atom is 0.254 e. The molecule has 5 nitrogen and oxygen atoms in total. The fourth-order valence-corrected chi connectivity index (χ4v) is 4.38. The molecule has 1 N–H and O–H groups in total. The Balaban J connectivity index is 1.68. The average Bonchev–Trinajstić information content (AvgIpc) is 2.81. The van der Waals surface area contributed by atoms with Crippen LogP contribution in [0, 0.1) is 11.7 Å². The van der Waals surface area contributed by atoms with Crippen LogP contribution in [0.15, 0.2) is 72.8 Å². The highest BCUT2D eigenvalue weighted by molar-refractivity contribution is 5.95. The fourth-order valence-electron chi connectivity index (χ4n) is 4.38. The molecular formula is C29H32FN3O2. The largest absolute Gasteiger partial charge is 0.377 e. The lowest BCUT2D eigenvalue weighted by Gasteiger charge is -2.32. The van der Waals surface area contributed by atoms with Crippen LogP contribution in [0.1, 0.15) is 53.7 Å². The Kier molecular flexibility index (Phi) is 7.49. The van der Waals surface area contributed by atoms with Gasteiger partial charge in [0.2, 0.25) is 5.91 Å². The number of rotatable bonds is 8. The molecule has 0 radical (unpaired) electrons. The molecular weight excluding hydrogens is 441 g/mol. The van der Waals surface area contributed by atoms with Crippen LogP contribution in [0.25, 0.3) is 0 Å². The number of nitrogens with one attached hydrogen (secondary N) is 1. The summed E-state index contributed by atoms with van der Waals surface area (Å²) >= 11 is 0. The summed E-state index contributed by atoms with van der Waals surface area (Å²) in [5, 5.41) is 3.05. The van der Waals surface area contributed by atoms with Crippen molar-refractivity contribution in [1.29, 1.82) is 0 Å². The first kappa shape index (κ1) is 24.5. The van der Waals surface area contributed by atoms with Crippen molar-refractivity contribution in [2.24, 2.45) is 5.92 Å². The molecule has 1 atom stereocenters. The van der Waals surface area contributed by atoms with Gasteiger partial charge in [-0.3, -0.25) is 9.59 Å². The monoisotopic (exact) mass is 473 g/mol. The summed E-state index contributed by atoms with van der Waals surface area (Å²) in [7, 11) is 3.91. The maximum absolute atomic E-state index is 13.7. The van der Waals surface area contributed by atoms with Crippen LogP contribution in [-0.4, -0.2) is 30.8 Å². The lowest BCUT2D eigenvalue weighted by atomic mass is 9.85. The zero-order chi connectivity index (χ0) is 24.9. The van der Waals surface area contributed by atoms with E-state index in [4.69, 9.17) is 0 Å². The molecule has 3 aromatic carbocycles. The van der Waals surface area contributed by atoms with Crippen molar-refractivity contribution in [2.45, 2.75) is 38.8 Å². The molecule has 0 heterocycles. The lowest BCUT2D eigenvalue weighted by molar-refractivity contribution is -0.122. The summed E-state index contributed by atoms with van der Waals surface area (Å²) < 4.78 is 13.5. The molecule has 6 heteroatoms. The third-order valence-electron chi connectivity index (χ3n) is 6.75. The van der Waals surface area contributed by atoms with E-state index in [1.54, 1.807) is 4.90 Å². The number of nitrogens with zero attached hydrogens (tertiary/aromatic N) is 2. The van der Waals surface area contributed by atoms with Gasteiger partial charge in [-0.05, 0) is 73.4 Å². The molecule has 1 aliphatic rings. The van der Waals surface area contributed by atoms with E-state index in [-0.39, 0.29) is 29.6 Å². The van der Waals surface area contributed by atoms with Crippen LogP contribution in [0.4, 0.5) is 15.8 Å². The normalized spacial score (nSPS) is 14.1. The van der Waals surface area contributed by atoms with Crippen LogP contribution in [0.5, 0.6) is 0 Å². The highest BCUT2D eigenvalue weighted by Gasteiger charge is 2.27. The first-order chi connectivity index (χ1) is 16.8. The van der Waals surface area contributed by atoms with Gasteiger partial charge in [0.1, 0.15) is 5.82 Å². The molecule has 1 saturated carbocycles. The van der Waals surface area contributed by atoms with Gasteiger partial charge >= 0.3 is 0 Å². The predicted molar refractivity (Wildman–Crippen MR) is 138 cm³/mol. The van der Waals surface area contributed by atoms with Gasteiger partial charge in [0.15, 0.2) is 0 Å². The zero-order valence-electron chi connectivity index (χ0n) is 20.5. The standard InChI is InChI=1S/C29H32FN3O2/c1-20(21-8-5-4-6-9-21)33(29(35)23-12-14-25(30)15-13-23)19-24-18-26(16-17-27(24)32(2)3)31-28(34)22-10-7-11-22/h4-6,8-9,12-18,20,22H,7,10-11,19H2,1-3H3,(H,31,34)/t20-/m0/s1. The zero-order valence-corrected chi connectivity index (χ0v) is 20.5. The molecule has 0 saturated heterocycles. The van der Waals surface area contributed by atoms with E-state index in [0.717, 1.165) is 41.8 Å². The minimum Gasteiger partial charge on any atom is -0.377 e. The predicted octanol–water partition coefficient (Wildman–Crippen LogP) is 6.03. The molecule has 0 unspecified atom stereocenters. The maximum atomic E-state index is 13.7. The van der Waals surface area contributed by atoms with E-state index in [2.05, 4.69) is 5.32 Å². The SMILES string of the molecule is C[C@@H](c1ccccc1)N(Cc1cc(NC(=O)C2CCC2)ccc1N(C)C)C(=O)c1ccc(F)cc1. The van der Waals surface area contributed by atoms with Gasteiger partial charge in [-0.1, -0.05) is 36.8 Å². The number of amides is 2. The summed E-state index contributed by atoms with van der Waals surface area (Å²) in [5.74, 6) is -0.428. The summed E-state index contributed by atoms with van der Waals surface area (Å²) in [4.78, 5) is 30.0. The van der Waals surface area contributed by atoms with Crippen molar-refractivity contribution >= 4 is 23.2 Å². The number of carbonyl (C=O) groups excluding carboxylic acids is 2.